The monoisotopic (exact) mass is 274 g/mol. The molecule has 19 heavy (non-hydrogen) atoms. The molecule has 1 saturated carbocycles. The SMILES string of the molecule is CCc1nnsc1C(=O)c1ccc(OC2CC2)cc1. The minimum atomic E-state index is -0.00942. The molecule has 0 atom stereocenters. The molecule has 0 spiro atoms. The molecule has 0 aliphatic heterocycles. The predicted molar refractivity (Wildman–Crippen MR) is 72.8 cm³/mol. The zero-order valence-electron chi connectivity index (χ0n) is 10.6. The predicted octanol–water partition coefficient (Wildman–Crippen LogP) is 2.87. The molecule has 0 saturated heterocycles. The Labute approximate surface area is 115 Å². The summed E-state index contributed by atoms with van der Waals surface area (Å²) in [6, 6.07) is 7.32. The number of nitrogens with zero attached hydrogens (tertiary/aromatic N) is 2. The second-order valence-electron chi connectivity index (χ2n) is 4.57. The number of benzene rings is 1. The van der Waals surface area contributed by atoms with E-state index in [4.69, 9.17) is 4.74 Å². The van der Waals surface area contributed by atoms with Crippen LogP contribution in [-0.2, 0) is 6.42 Å². The Morgan fingerprint density at radius 1 is 1.37 bits per heavy atom. The molecule has 3 rings (SSSR count). The van der Waals surface area contributed by atoms with Crippen LogP contribution in [0, 0.1) is 0 Å². The summed E-state index contributed by atoms with van der Waals surface area (Å²) in [5.74, 6) is 0.821. The Morgan fingerprint density at radius 2 is 2.11 bits per heavy atom. The van der Waals surface area contributed by atoms with Crippen LogP contribution < -0.4 is 4.74 Å². The van der Waals surface area contributed by atoms with E-state index in [1.54, 1.807) is 12.1 Å². The summed E-state index contributed by atoms with van der Waals surface area (Å²) in [7, 11) is 0. The van der Waals surface area contributed by atoms with E-state index in [0.29, 0.717) is 16.5 Å². The first-order valence-corrected chi connectivity index (χ1v) is 7.18. The number of ether oxygens (including phenoxy) is 1. The zero-order chi connectivity index (χ0) is 13.2. The average molecular weight is 274 g/mol. The first kappa shape index (κ1) is 12.3. The van der Waals surface area contributed by atoms with Gasteiger partial charge in [0.15, 0.2) is 0 Å². The Morgan fingerprint density at radius 3 is 2.74 bits per heavy atom. The number of rotatable bonds is 5. The lowest BCUT2D eigenvalue weighted by Gasteiger charge is -2.05. The third kappa shape index (κ3) is 2.66. The van der Waals surface area contributed by atoms with Gasteiger partial charge in [-0.05, 0) is 55.1 Å². The van der Waals surface area contributed by atoms with Crippen LogP contribution >= 0.6 is 11.5 Å². The van der Waals surface area contributed by atoms with Crippen LogP contribution in [0.25, 0.3) is 0 Å². The van der Waals surface area contributed by atoms with Crippen molar-refractivity contribution in [1.82, 2.24) is 9.59 Å². The molecule has 0 unspecified atom stereocenters. The molecule has 1 aromatic heterocycles. The van der Waals surface area contributed by atoms with Gasteiger partial charge in [-0.25, -0.2) is 0 Å². The van der Waals surface area contributed by atoms with Crippen molar-refractivity contribution in [3.63, 3.8) is 0 Å². The number of hydrogen-bond donors (Lipinski definition) is 0. The van der Waals surface area contributed by atoms with Crippen molar-refractivity contribution in [2.45, 2.75) is 32.3 Å². The second kappa shape index (κ2) is 5.09. The van der Waals surface area contributed by atoms with Crippen LogP contribution in [0.1, 0.15) is 40.7 Å². The quantitative estimate of drug-likeness (QED) is 0.787. The minimum Gasteiger partial charge on any atom is -0.490 e. The first-order chi connectivity index (χ1) is 9.28. The Bertz CT molecular complexity index is 588. The second-order valence-corrected chi connectivity index (χ2v) is 5.33. The maximum absolute atomic E-state index is 12.3. The summed E-state index contributed by atoms with van der Waals surface area (Å²) in [5, 5.41) is 3.97. The van der Waals surface area contributed by atoms with Gasteiger partial charge >= 0.3 is 0 Å². The van der Waals surface area contributed by atoms with Crippen LogP contribution in [0.4, 0.5) is 0 Å². The first-order valence-electron chi connectivity index (χ1n) is 6.40. The van der Waals surface area contributed by atoms with Gasteiger partial charge in [0, 0.05) is 5.56 Å². The van der Waals surface area contributed by atoms with Crippen molar-refractivity contribution >= 4 is 17.3 Å². The molecule has 4 nitrogen and oxygen atoms in total. The number of ketones is 1. The van der Waals surface area contributed by atoms with Gasteiger partial charge in [-0.3, -0.25) is 4.79 Å². The summed E-state index contributed by atoms with van der Waals surface area (Å²) in [6.07, 6.45) is 3.36. The third-order valence-electron chi connectivity index (χ3n) is 3.04. The maximum Gasteiger partial charge on any atom is 0.206 e. The fourth-order valence-corrected chi connectivity index (χ4v) is 2.52. The van der Waals surface area contributed by atoms with Crippen LogP contribution in [0.5, 0.6) is 5.75 Å². The maximum atomic E-state index is 12.3. The number of aromatic nitrogens is 2. The van der Waals surface area contributed by atoms with E-state index in [1.165, 1.54) is 0 Å². The highest BCUT2D eigenvalue weighted by Crippen LogP contribution is 2.27. The van der Waals surface area contributed by atoms with Gasteiger partial charge in [0.1, 0.15) is 10.6 Å². The number of hydrogen-bond acceptors (Lipinski definition) is 5. The highest BCUT2D eigenvalue weighted by Gasteiger charge is 2.23. The van der Waals surface area contributed by atoms with Gasteiger partial charge < -0.3 is 4.74 Å². The minimum absolute atomic E-state index is 0.00942. The summed E-state index contributed by atoms with van der Waals surface area (Å²) in [4.78, 5) is 13.0. The molecule has 1 aromatic carbocycles. The number of aryl methyl sites for hydroxylation is 1. The molecule has 0 amide bonds. The van der Waals surface area contributed by atoms with E-state index >= 15 is 0 Å². The van der Waals surface area contributed by atoms with Crippen molar-refractivity contribution in [2.24, 2.45) is 0 Å². The number of carbonyl (C=O) groups excluding carboxylic acids is 1. The molecule has 0 radical (unpaired) electrons. The fourth-order valence-electron chi connectivity index (χ4n) is 1.81. The van der Waals surface area contributed by atoms with Crippen LogP contribution in [0.3, 0.4) is 0 Å². The van der Waals surface area contributed by atoms with Crippen LogP contribution in [0.2, 0.25) is 0 Å². The third-order valence-corrected chi connectivity index (χ3v) is 3.81. The van der Waals surface area contributed by atoms with Crippen LogP contribution in [0.15, 0.2) is 24.3 Å². The molecule has 1 aliphatic rings. The molecular formula is C14H14N2O2S. The highest BCUT2D eigenvalue weighted by atomic mass is 32.1. The van der Waals surface area contributed by atoms with Crippen molar-refractivity contribution in [3.05, 3.63) is 40.4 Å². The van der Waals surface area contributed by atoms with E-state index < -0.39 is 0 Å². The smallest absolute Gasteiger partial charge is 0.206 e. The van der Waals surface area contributed by atoms with E-state index in [-0.39, 0.29) is 5.78 Å². The van der Waals surface area contributed by atoms with Gasteiger partial charge in [-0.15, -0.1) is 5.10 Å². The van der Waals surface area contributed by atoms with E-state index in [2.05, 4.69) is 9.59 Å². The molecule has 1 fully saturated rings. The van der Waals surface area contributed by atoms with Gasteiger partial charge in [0.05, 0.1) is 11.8 Å². The molecule has 1 aliphatic carbocycles. The number of carbonyl (C=O) groups is 1. The van der Waals surface area contributed by atoms with Gasteiger partial charge in [0.25, 0.3) is 0 Å². The summed E-state index contributed by atoms with van der Waals surface area (Å²) >= 11 is 1.16. The summed E-state index contributed by atoms with van der Waals surface area (Å²) in [6.45, 7) is 1.97. The molecule has 0 bridgehead atoms. The Hall–Kier alpha value is -1.75. The van der Waals surface area contributed by atoms with Crippen molar-refractivity contribution in [3.8, 4) is 5.75 Å². The van der Waals surface area contributed by atoms with E-state index in [0.717, 1.165) is 42.2 Å². The Balaban J connectivity index is 1.79. The summed E-state index contributed by atoms with van der Waals surface area (Å²) < 4.78 is 9.51. The summed E-state index contributed by atoms with van der Waals surface area (Å²) in [5.41, 5.74) is 1.43. The molecule has 1 heterocycles. The van der Waals surface area contributed by atoms with E-state index in [9.17, 15) is 4.79 Å². The molecule has 98 valence electrons. The van der Waals surface area contributed by atoms with Crippen LogP contribution in [-0.4, -0.2) is 21.5 Å². The lowest BCUT2D eigenvalue weighted by Crippen LogP contribution is -2.03. The lowest BCUT2D eigenvalue weighted by atomic mass is 10.1. The Kier molecular flexibility index (Phi) is 3.29. The lowest BCUT2D eigenvalue weighted by molar-refractivity contribution is 0.104. The molecular weight excluding hydrogens is 260 g/mol. The van der Waals surface area contributed by atoms with Gasteiger partial charge in [0.2, 0.25) is 5.78 Å². The largest absolute Gasteiger partial charge is 0.490 e. The molecule has 2 aromatic rings. The van der Waals surface area contributed by atoms with Crippen molar-refractivity contribution in [1.29, 1.82) is 0 Å². The van der Waals surface area contributed by atoms with Crippen molar-refractivity contribution in [2.75, 3.05) is 0 Å². The van der Waals surface area contributed by atoms with Crippen molar-refractivity contribution < 1.29 is 9.53 Å². The average Bonchev–Trinajstić information content (AvgIpc) is 3.12. The normalized spacial score (nSPS) is 14.4. The van der Waals surface area contributed by atoms with Gasteiger partial charge in [-0.2, -0.15) is 0 Å². The van der Waals surface area contributed by atoms with Gasteiger partial charge in [-0.1, -0.05) is 11.4 Å². The zero-order valence-corrected chi connectivity index (χ0v) is 11.4. The molecule has 0 N–H and O–H groups in total. The highest BCUT2D eigenvalue weighted by molar-refractivity contribution is 7.08. The van der Waals surface area contributed by atoms with E-state index in [1.807, 2.05) is 19.1 Å². The molecule has 5 heteroatoms. The topological polar surface area (TPSA) is 52.1 Å². The standard InChI is InChI=1S/C14H14N2O2S/c1-2-12-14(19-16-15-12)13(17)9-3-5-10(6-4-9)18-11-7-8-11/h3-6,11H,2,7-8H2,1H3. The fraction of sp³-hybridized carbons (Fsp3) is 0.357.